The summed E-state index contributed by atoms with van der Waals surface area (Å²) in [5, 5.41) is 0. The fourth-order valence-corrected chi connectivity index (χ4v) is 10.5. The highest BCUT2D eigenvalue weighted by Gasteiger charge is 2.62. The first-order valence-electron chi connectivity index (χ1n) is 22.7. The topological polar surface area (TPSA) is 180 Å². The number of hydrogen-bond acceptors (Lipinski definition) is 12. The number of aromatic nitrogens is 2. The number of hydrogen-bond donors (Lipinski definition) is 1. The molecule has 7 rings (SSSR count). The van der Waals surface area contributed by atoms with E-state index in [0.717, 1.165) is 6.42 Å². The molecule has 1 aromatic heterocycles. The summed E-state index contributed by atoms with van der Waals surface area (Å²) in [5.74, 6) is -1.75. The number of benzene rings is 2. The largest absolute Gasteiger partial charge is 0.497 e. The number of fused-ring (bicyclic) bond motifs is 3. The van der Waals surface area contributed by atoms with Crippen molar-refractivity contribution in [2.75, 3.05) is 13.7 Å². The smallest absolute Gasteiger partial charge is 0.307 e. The average Bonchev–Trinajstić information content (AvgIpc) is 4.10. The van der Waals surface area contributed by atoms with E-state index in [0.29, 0.717) is 65.9 Å². The van der Waals surface area contributed by atoms with Gasteiger partial charge in [-0.25, -0.2) is 18.4 Å². The molecule has 4 aliphatic rings. The monoisotopic (exact) mass is 900 g/mol. The summed E-state index contributed by atoms with van der Waals surface area (Å²) >= 11 is 0. The summed E-state index contributed by atoms with van der Waals surface area (Å²) in [6, 6.07) is 11.7. The van der Waals surface area contributed by atoms with Gasteiger partial charge in [-0.3, -0.25) is 23.9 Å². The molecule has 3 heterocycles. The first-order valence-corrected chi connectivity index (χ1v) is 24.2. The molecule has 2 aliphatic carbocycles. The zero-order valence-electron chi connectivity index (χ0n) is 38.6. The summed E-state index contributed by atoms with van der Waals surface area (Å²) in [6.07, 6.45) is 6.11. The maximum Gasteiger partial charge on any atom is 0.307 e. The number of rotatable bonds is 11. The summed E-state index contributed by atoms with van der Waals surface area (Å²) in [4.78, 5) is 69.2. The lowest BCUT2D eigenvalue weighted by atomic mass is 9.82. The lowest BCUT2D eigenvalue weighted by Crippen LogP contribution is -2.48. The van der Waals surface area contributed by atoms with E-state index in [-0.39, 0.29) is 67.2 Å². The molecular formula is C49H64N4O10S. The third-order valence-electron chi connectivity index (χ3n) is 13.2. The van der Waals surface area contributed by atoms with Gasteiger partial charge >= 0.3 is 5.97 Å². The van der Waals surface area contributed by atoms with Gasteiger partial charge in [-0.15, -0.1) is 0 Å². The molecule has 1 N–H and O–H groups in total. The molecular weight excluding hydrogens is 837 g/mol. The zero-order valence-corrected chi connectivity index (χ0v) is 39.5. The van der Waals surface area contributed by atoms with E-state index in [9.17, 15) is 22.8 Å². The maximum absolute atomic E-state index is 15.2. The number of methoxy groups -OCH3 is 1. The minimum absolute atomic E-state index is 0.0134. The molecule has 7 atom stereocenters. The van der Waals surface area contributed by atoms with Crippen molar-refractivity contribution >= 4 is 44.6 Å². The molecule has 0 radical (unpaired) electrons. The minimum atomic E-state index is -3.99. The maximum atomic E-state index is 15.2. The van der Waals surface area contributed by atoms with Crippen molar-refractivity contribution < 1.29 is 46.5 Å². The van der Waals surface area contributed by atoms with Crippen molar-refractivity contribution in [3.63, 3.8) is 0 Å². The van der Waals surface area contributed by atoms with Crippen LogP contribution < -0.4 is 18.9 Å². The minimum Gasteiger partial charge on any atom is -0.497 e. The molecule has 2 saturated carbocycles. The number of nitrogens with zero attached hydrogens (tertiary/aromatic N) is 3. The molecule has 2 amide bonds. The van der Waals surface area contributed by atoms with E-state index in [1.807, 2.05) is 57.2 Å². The van der Waals surface area contributed by atoms with Crippen LogP contribution in [0.5, 0.6) is 17.4 Å². The van der Waals surface area contributed by atoms with Gasteiger partial charge in [0.1, 0.15) is 28.9 Å². The molecule has 2 aromatic carbocycles. The van der Waals surface area contributed by atoms with Gasteiger partial charge in [-0.05, 0) is 134 Å². The number of ether oxygens (including phenoxy) is 4. The number of nitrogens with one attached hydrogen (secondary N) is 1. The third-order valence-corrected chi connectivity index (χ3v) is 15.4. The second-order valence-electron chi connectivity index (χ2n) is 20.1. The molecule has 64 heavy (non-hydrogen) atoms. The molecule has 3 aromatic rings. The molecule has 346 valence electrons. The summed E-state index contributed by atoms with van der Waals surface area (Å²) in [7, 11) is -2.42. The predicted octanol–water partition coefficient (Wildman–Crippen LogP) is 7.77. The second kappa shape index (κ2) is 18.1. The van der Waals surface area contributed by atoms with Gasteiger partial charge in [0.2, 0.25) is 27.7 Å². The van der Waals surface area contributed by atoms with Crippen LogP contribution in [-0.2, 0) is 33.9 Å². The van der Waals surface area contributed by atoms with E-state index in [1.165, 1.54) is 4.90 Å². The van der Waals surface area contributed by atoms with Gasteiger partial charge in [0.15, 0.2) is 5.78 Å². The summed E-state index contributed by atoms with van der Waals surface area (Å²) in [5.41, 5.74) is 0.140. The Morgan fingerprint density at radius 1 is 0.984 bits per heavy atom. The number of Topliss-reactive ketones (excluding diaryl/α,β-unsaturated/α-hetero) is 1. The molecule has 0 bridgehead atoms. The van der Waals surface area contributed by atoms with Crippen molar-refractivity contribution in [3.8, 4) is 28.6 Å². The number of allylic oxidation sites excluding steroid dienone is 2. The van der Waals surface area contributed by atoms with Crippen LogP contribution in [0.25, 0.3) is 22.3 Å². The van der Waals surface area contributed by atoms with Crippen LogP contribution in [-0.4, -0.2) is 89.1 Å². The lowest BCUT2D eigenvalue weighted by molar-refractivity contribution is -0.160. The van der Waals surface area contributed by atoms with E-state index >= 15 is 4.79 Å². The van der Waals surface area contributed by atoms with Crippen molar-refractivity contribution in [3.05, 3.63) is 54.6 Å². The van der Waals surface area contributed by atoms with Gasteiger partial charge in [0.05, 0.1) is 59.3 Å². The van der Waals surface area contributed by atoms with Crippen molar-refractivity contribution in [2.45, 2.75) is 142 Å². The first-order chi connectivity index (χ1) is 30.1. The Hall–Kier alpha value is -5.05. The molecule has 2 aliphatic heterocycles. The number of sulfonamides is 1. The quantitative estimate of drug-likeness (QED) is 0.146. The zero-order chi connectivity index (χ0) is 46.4. The summed E-state index contributed by atoms with van der Waals surface area (Å²) < 4.78 is 51.9. The van der Waals surface area contributed by atoms with Crippen molar-refractivity contribution in [2.24, 2.45) is 29.1 Å². The average molecular weight is 901 g/mol. The predicted molar refractivity (Wildman–Crippen MR) is 242 cm³/mol. The van der Waals surface area contributed by atoms with E-state index < -0.39 is 55.7 Å². The van der Waals surface area contributed by atoms with E-state index in [1.54, 1.807) is 53.0 Å². The SMILES string of the molecule is COc1ccc2nc(O[C@@H]3C[C@H]4C(=O)C[C@]5(C(=O)NS(=O)(=O)C6(C)CC6)C[C@H]5/C=C\CC[C@@H](C)C[C@@H](C)[C@H](CC(=O)OC(C)(C)C)C(=O)N4C3)c(-c3ccc(OC(C)C)cc3)nc2c1. The van der Waals surface area contributed by atoms with Crippen LogP contribution in [0, 0.1) is 29.1 Å². The van der Waals surface area contributed by atoms with E-state index in [2.05, 4.69) is 11.6 Å². The molecule has 0 unspecified atom stereocenters. The highest BCUT2D eigenvalue weighted by Crippen LogP contribution is 2.58. The number of ketones is 1. The number of esters is 1. The van der Waals surface area contributed by atoms with Gasteiger partial charge in [0, 0.05) is 24.5 Å². The molecule has 14 nitrogen and oxygen atoms in total. The standard InChI is InChI=1S/C49H64N4O10S/c1-29(2)61-34-16-14-32(15-17-34)43-44(51-38-19-18-35(60-9)23-39(38)50-43)62-36-24-40-41(54)27-49(46(57)52-64(58,59)48(8)20-21-48)26-33(49)13-11-10-12-30(3)22-31(4)37(45(56)53(40)28-36)25-42(55)63-47(5,6)7/h11,13-19,23,29-31,33,36-37,40H,10,12,20-22,24-28H2,1-9H3,(H,52,57)/b13-11-/t30-,31-,33-,36-,37+,40+,49-/m1/s1. The van der Waals surface area contributed by atoms with Gasteiger partial charge < -0.3 is 23.8 Å². The first kappa shape index (κ1) is 46.9. The second-order valence-corrected chi connectivity index (χ2v) is 22.3. The Labute approximate surface area is 377 Å². The number of carbonyl (C=O) groups is 4. The molecule has 1 saturated heterocycles. The normalized spacial score (nSPS) is 27.7. The van der Waals surface area contributed by atoms with Crippen LogP contribution >= 0.6 is 0 Å². The summed E-state index contributed by atoms with van der Waals surface area (Å²) in [6.45, 7) is 14.9. The molecule has 3 fully saturated rings. The van der Waals surface area contributed by atoms with Crippen LogP contribution in [0.2, 0.25) is 0 Å². The number of carbonyl (C=O) groups excluding carboxylic acids is 4. The Balaban J connectivity index is 1.26. The lowest BCUT2D eigenvalue weighted by Gasteiger charge is -2.32. The van der Waals surface area contributed by atoms with Crippen LogP contribution in [0.1, 0.15) is 113 Å². The van der Waals surface area contributed by atoms with Crippen LogP contribution in [0.15, 0.2) is 54.6 Å². The van der Waals surface area contributed by atoms with Gasteiger partial charge in [-0.1, -0.05) is 26.0 Å². The third kappa shape index (κ3) is 10.4. The van der Waals surface area contributed by atoms with Gasteiger partial charge in [-0.2, -0.15) is 0 Å². The number of amides is 2. The van der Waals surface area contributed by atoms with Crippen LogP contribution in [0.3, 0.4) is 0 Å². The Kier molecular flexibility index (Phi) is 13.3. The molecule has 15 heteroatoms. The Bertz CT molecular complexity index is 2410. The van der Waals surface area contributed by atoms with E-state index in [4.69, 9.17) is 28.9 Å². The Morgan fingerprint density at radius 2 is 1.69 bits per heavy atom. The van der Waals surface area contributed by atoms with Crippen LogP contribution in [0.4, 0.5) is 0 Å². The molecule has 0 spiro atoms. The van der Waals surface area contributed by atoms with Crippen molar-refractivity contribution in [1.82, 2.24) is 19.6 Å². The van der Waals surface area contributed by atoms with Gasteiger partial charge in [0.25, 0.3) is 0 Å². The fraction of sp³-hybridized carbons (Fsp3) is 0.592. The fourth-order valence-electron chi connectivity index (χ4n) is 9.18. The van der Waals surface area contributed by atoms with Crippen molar-refractivity contribution in [1.29, 1.82) is 0 Å². The Morgan fingerprint density at radius 3 is 2.34 bits per heavy atom. The highest BCUT2D eigenvalue weighted by molar-refractivity contribution is 7.91. The highest BCUT2D eigenvalue weighted by atomic mass is 32.2.